The number of rotatable bonds is 4. The summed E-state index contributed by atoms with van der Waals surface area (Å²) in [5.74, 6) is 0. The van der Waals surface area contributed by atoms with Crippen LogP contribution in [-0.4, -0.2) is 9.55 Å². The summed E-state index contributed by atoms with van der Waals surface area (Å²) < 4.78 is 2.38. The third-order valence-electron chi connectivity index (χ3n) is 10.8. The second-order valence-corrected chi connectivity index (χ2v) is 14.0. The van der Waals surface area contributed by atoms with Crippen molar-refractivity contribution < 1.29 is 0 Å². The molecule has 0 atom stereocenters. The van der Waals surface area contributed by atoms with E-state index < -0.39 is 0 Å². The fourth-order valence-electron chi connectivity index (χ4n) is 8.36. The molecular formula is C48H34N2. The lowest BCUT2D eigenvalue weighted by atomic mass is 9.81. The molecule has 7 aromatic carbocycles. The smallest absolute Gasteiger partial charge is 0.0722 e. The van der Waals surface area contributed by atoms with Gasteiger partial charge >= 0.3 is 0 Å². The fourth-order valence-corrected chi connectivity index (χ4v) is 8.36. The molecule has 0 saturated heterocycles. The number of fused-ring (bicyclic) bond motifs is 7. The van der Waals surface area contributed by atoms with Crippen molar-refractivity contribution in [1.29, 1.82) is 0 Å². The van der Waals surface area contributed by atoms with Gasteiger partial charge < -0.3 is 4.57 Å². The van der Waals surface area contributed by atoms with E-state index in [1.54, 1.807) is 0 Å². The number of pyridine rings is 1. The van der Waals surface area contributed by atoms with Gasteiger partial charge in [0.15, 0.2) is 0 Å². The second kappa shape index (κ2) is 10.9. The largest absolute Gasteiger partial charge is 0.309 e. The minimum atomic E-state index is -0.163. The quantitative estimate of drug-likeness (QED) is 0.188. The van der Waals surface area contributed by atoms with Crippen molar-refractivity contribution in [2.45, 2.75) is 19.3 Å². The average molecular weight is 639 g/mol. The molecule has 1 aliphatic rings. The van der Waals surface area contributed by atoms with Gasteiger partial charge in [-0.05, 0) is 93.0 Å². The molecule has 2 heteroatoms. The van der Waals surface area contributed by atoms with E-state index in [0.29, 0.717) is 0 Å². The van der Waals surface area contributed by atoms with Crippen molar-refractivity contribution in [3.8, 4) is 50.3 Å². The van der Waals surface area contributed by atoms with Crippen molar-refractivity contribution in [3.63, 3.8) is 0 Å². The maximum absolute atomic E-state index is 5.27. The Kier molecular flexibility index (Phi) is 6.25. The fraction of sp³-hybridized carbons (Fsp3) is 0.0625. The summed E-state index contributed by atoms with van der Waals surface area (Å²) in [5.41, 5.74) is 16.8. The third kappa shape index (κ3) is 4.25. The first-order valence-electron chi connectivity index (χ1n) is 17.4. The van der Waals surface area contributed by atoms with Crippen LogP contribution in [0.25, 0.3) is 83.0 Å². The Balaban J connectivity index is 1.13. The van der Waals surface area contributed by atoms with Crippen LogP contribution < -0.4 is 0 Å². The summed E-state index contributed by atoms with van der Waals surface area (Å²) in [6.45, 7) is 4.73. The van der Waals surface area contributed by atoms with Crippen molar-refractivity contribution in [1.82, 2.24) is 9.55 Å². The zero-order valence-corrected chi connectivity index (χ0v) is 28.1. The Hall–Kier alpha value is -6.25. The first-order valence-corrected chi connectivity index (χ1v) is 17.4. The molecule has 0 aliphatic heterocycles. The molecule has 0 amide bonds. The molecular weight excluding hydrogens is 605 g/mol. The van der Waals surface area contributed by atoms with E-state index >= 15 is 0 Å². The molecule has 0 unspecified atom stereocenters. The van der Waals surface area contributed by atoms with Crippen LogP contribution in [0.3, 0.4) is 0 Å². The molecule has 9 aromatic rings. The van der Waals surface area contributed by atoms with Gasteiger partial charge in [0.25, 0.3) is 0 Å². The number of hydrogen-bond donors (Lipinski definition) is 0. The Bertz CT molecular complexity index is 2770. The van der Waals surface area contributed by atoms with Gasteiger partial charge in [-0.25, -0.2) is 4.98 Å². The van der Waals surface area contributed by atoms with Crippen LogP contribution in [0.2, 0.25) is 0 Å². The number of hydrogen-bond acceptors (Lipinski definition) is 1. The Morgan fingerprint density at radius 3 is 1.96 bits per heavy atom. The third-order valence-corrected chi connectivity index (χ3v) is 10.8. The Morgan fingerprint density at radius 1 is 0.440 bits per heavy atom. The first-order chi connectivity index (χ1) is 24.6. The molecule has 2 nitrogen and oxygen atoms in total. The number of para-hydroxylation sites is 3. The molecule has 0 saturated carbocycles. The van der Waals surface area contributed by atoms with E-state index in [0.717, 1.165) is 11.2 Å². The van der Waals surface area contributed by atoms with Crippen LogP contribution in [0.4, 0.5) is 0 Å². The molecule has 1 aliphatic carbocycles. The van der Waals surface area contributed by atoms with E-state index in [1.807, 2.05) is 0 Å². The lowest BCUT2D eigenvalue weighted by Crippen LogP contribution is -2.15. The summed E-state index contributed by atoms with van der Waals surface area (Å²) in [7, 11) is 0. The highest BCUT2D eigenvalue weighted by atomic mass is 15.0. The molecule has 0 spiro atoms. The molecule has 10 rings (SSSR count). The highest BCUT2D eigenvalue weighted by molar-refractivity contribution is 6.10. The molecule has 0 radical (unpaired) electrons. The van der Waals surface area contributed by atoms with Crippen LogP contribution in [0.15, 0.2) is 170 Å². The van der Waals surface area contributed by atoms with Gasteiger partial charge in [0.2, 0.25) is 0 Å². The SMILES string of the molecule is CC1(C)c2cc(-c3ccc4c(c3)c3ccccc3n4-c3ccccc3)ccc2-c2c(-c3cc(-c4ccccc4)c4ccccc4n3)cccc21. The molecule has 236 valence electrons. The summed E-state index contributed by atoms with van der Waals surface area (Å²) >= 11 is 0. The van der Waals surface area contributed by atoms with Crippen molar-refractivity contribution in [2.75, 3.05) is 0 Å². The predicted molar refractivity (Wildman–Crippen MR) is 210 cm³/mol. The lowest BCUT2D eigenvalue weighted by Gasteiger charge is -2.22. The van der Waals surface area contributed by atoms with Gasteiger partial charge in [0, 0.05) is 32.8 Å². The van der Waals surface area contributed by atoms with Crippen LogP contribution in [0.5, 0.6) is 0 Å². The van der Waals surface area contributed by atoms with E-state index in [4.69, 9.17) is 4.98 Å². The monoisotopic (exact) mass is 638 g/mol. The number of aromatic nitrogens is 2. The van der Waals surface area contributed by atoms with E-state index in [1.165, 1.54) is 83.0 Å². The van der Waals surface area contributed by atoms with Crippen LogP contribution in [-0.2, 0) is 5.41 Å². The van der Waals surface area contributed by atoms with Crippen LogP contribution in [0.1, 0.15) is 25.0 Å². The normalized spacial score (nSPS) is 13.2. The van der Waals surface area contributed by atoms with Gasteiger partial charge in [0.1, 0.15) is 0 Å². The molecule has 2 aromatic heterocycles. The zero-order valence-electron chi connectivity index (χ0n) is 28.1. The second-order valence-electron chi connectivity index (χ2n) is 14.0. The summed E-state index contributed by atoms with van der Waals surface area (Å²) in [5, 5.41) is 3.71. The number of benzene rings is 7. The predicted octanol–water partition coefficient (Wildman–Crippen LogP) is 12.6. The summed E-state index contributed by atoms with van der Waals surface area (Å²) in [6.07, 6.45) is 0. The van der Waals surface area contributed by atoms with Gasteiger partial charge in [-0.3, -0.25) is 0 Å². The van der Waals surface area contributed by atoms with Crippen LogP contribution >= 0.6 is 0 Å². The van der Waals surface area contributed by atoms with E-state index in [9.17, 15) is 0 Å². The van der Waals surface area contributed by atoms with Crippen molar-refractivity contribution in [3.05, 3.63) is 181 Å². The van der Waals surface area contributed by atoms with Crippen LogP contribution in [0, 0.1) is 0 Å². The van der Waals surface area contributed by atoms with Gasteiger partial charge in [-0.15, -0.1) is 0 Å². The first kappa shape index (κ1) is 28.7. The van der Waals surface area contributed by atoms with Crippen molar-refractivity contribution >= 4 is 32.7 Å². The van der Waals surface area contributed by atoms with Gasteiger partial charge in [-0.2, -0.15) is 0 Å². The van der Waals surface area contributed by atoms with E-state index in [2.05, 4.69) is 188 Å². The maximum Gasteiger partial charge on any atom is 0.0722 e. The topological polar surface area (TPSA) is 17.8 Å². The maximum atomic E-state index is 5.27. The lowest BCUT2D eigenvalue weighted by molar-refractivity contribution is 0.660. The Labute approximate surface area is 291 Å². The van der Waals surface area contributed by atoms with Crippen molar-refractivity contribution in [2.24, 2.45) is 0 Å². The zero-order chi connectivity index (χ0) is 33.4. The standard InChI is InChI=1S/C48H34N2/c1-48(2)41-21-13-20-38(44-30-39(31-14-5-3-6-15-31)35-18-9-11-22-43(35)49-44)47(41)37-26-24-33(29-42(37)48)32-25-27-46-40(28-32)36-19-10-12-23-45(36)50(46)34-16-7-4-8-17-34/h3-30H,1-2H3. The molecule has 50 heavy (non-hydrogen) atoms. The summed E-state index contributed by atoms with van der Waals surface area (Å²) in [4.78, 5) is 5.27. The molecule has 0 fully saturated rings. The number of nitrogens with zero attached hydrogens (tertiary/aromatic N) is 2. The van der Waals surface area contributed by atoms with Gasteiger partial charge in [0.05, 0.1) is 22.2 Å². The highest BCUT2D eigenvalue weighted by Gasteiger charge is 2.37. The summed E-state index contributed by atoms with van der Waals surface area (Å²) in [6, 6.07) is 61.7. The molecule has 0 N–H and O–H groups in total. The van der Waals surface area contributed by atoms with Gasteiger partial charge in [-0.1, -0.05) is 135 Å². The minimum absolute atomic E-state index is 0.163. The average Bonchev–Trinajstić information content (AvgIpc) is 3.63. The minimum Gasteiger partial charge on any atom is -0.309 e. The van der Waals surface area contributed by atoms with E-state index in [-0.39, 0.29) is 5.41 Å². The Morgan fingerprint density at radius 2 is 1.12 bits per heavy atom. The highest BCUT2D eigenvalue weighted by Crippen LogP contribution is 2.53. The molecule has 0 bridgehead atoms. The molecule has 2 heterocycles.